The highest BCUT2D eigenvalue weighted by molar-refractivity contribution is 7.16. The van der Waals surface area contributed by atoms with Gasteiger partial charge in [0.15, 0.2) is 6.61 Å². The van der Waals surface area contributed by atoms with E-state index in [2.05, 4.69) is 30.7 Å². The molecule has 0 radical (unpaired) electrons. The zero-order valence-corrected chi connectivity index (χ0v) is 15.2. The number of amides is 1. The Morgan fingerprint density at radius 1 is 1.38 bits per heavy atom. The van der Waals surface area contributed by atoms with Crippen LogP contribution in [0.4, 0.5) is 0 Å². The summed E-state index contributed by atoms with van der Waals surface area (Å²) in [6.07, 6.45) is 4.87. The van der Waals surface area contributed by atoms with E-state index in [1.54, 1.807) is 11.3 Å². The van der Waals surface area contributed by atoms with Crippen molar-refractivity contribution in [3.63, 3.8) is 0 Å². The molecule has 2 atom stereocenters. The maximum atomic E-state index is 12.7. The molecule has 1 saturated heterocycles. The Morgan fingerprint density at radius 3 is 3.04 bits per heavy atom. The molecule has 1 amide bonds. The molecule has 6 heteroatoms. The Morgan fingerprint density at radius 2 is 2.21 bits per heavy atom. The predicted octanol–water partition coefficient (Wildman–Crippen LogP) is 3.50. The van der Waals surface area contributed by atoms with Crippen molar-refractivity contribution in [2.75, 3.05) is 13.2 Å². The molecule has 2 aliphatic rings. The highest BCUT2D eigenvalue weighted by Gasteiger charge is 2.50. The van der Waals surface area contributed by atoms with Gasteiger partial charge in [0.25, 0.3) is 5.91 Å². The van der Waals surface area contributed by atoms with Crippen molar-refractivity contribution in [1.82, 2.24) is 14.9 Å². The van der Waals surface area contributed by atoms with E-state index in [0.717, 1.165) is 29.6 Å². The fourth-order valence-corrected chi connectivity index (χ4v) is 5.57. The van der Waals surface area contributed by atoms with E-state index in [-0.39, 0.29) is 17.9 Å². The van der Waals surface area contributed by atoms with E-state index < -0.39 is 0 Å². The lowest BCUT2D eigenvalue weighted by molar-refractivity contribution is -0.134. The molecule has 24 heavy (non-hydrogen) atoms. The molecule has 0 spiro atoms. The minimum absolute atomic E-state index is 0.0506. The number of carbonyl (C=O) groups is 1. The van der Waals surface area contributed by atoms with Crippen molar-refractivity contribution in [1.29, 1.82) is 0 Å². The van der Waals surface area contributed by atoms with Crippen LogP contribution in [0, 0.1) is 10.8 Å². The zero-order valence-electron chi connectivity index (χ0n) is 14.4. The number of hydrogen-bond donors (Lipinski definition) is 0. The van der Waals surface area contributed by atoms with E-state index >= 15 is 0 Å². The zero-order chi connectivity index (χ0) is 16.9. The lowest BCUT2D eigenvalue weighted by Crippen LogP contribution is -2.40. The predicted molar refractivity (Wildman–Crippen MR) is 94.2 cm³/mol. The summed E-state index contributed by atoms with van der Waals surface area (Å²) in [4.78, 5) is 24.1. The van der Waals surface area contributed by atoms with Gasteiger partial charge >= 0.3 is 0 Å². The number of fused-ring (bicyclic) bond motifs is 3. The largest absolute Gasteiger partial charge is 0.467 e. The van der Waals surface area contributed by atoms with Gasteiger partial charge in [-0.05, 0) is 41.5 Å². The Bertz CT molecular complexity index is 787. The van der Waals surface area contributed by atoms with Gasteiger partial charge in [-0.25, -0.2) is 9.97 Å². The lowest BCUT2D eigenvalue weighted by atomic mass is 9.65. The molecule has 0 aromatic carbocycles. The van der Waals surface area contributed by atoms with Crippen LogP contribution < -0.4 is 4.74 Å². The summed E-state index contributed by atoms with van der Waals surface area (Å²) < 4.78 is 5.75. The summed E-state index contributed by atoms with van der Waals surface area (Å²) in [5, 5.41) is 2.84. The number of hydrogen-bond acceptors (Lipinski definition) is 5. The van der Waals surface area contributed by atoms with Crippen LogP contribution in [0.1, 0.15) is 40.0 Å². The molecule has 0 N–H and O–H groups in total. The first kappa shape index (κ1) is 15.8. The molecule has 2 fully saturated rings. The summed E-state index contributed by atoms with van der Waals surface area (Å²) in [6, 6.07) is 2.29. The van der Waals surface area contributed by atoms with Crippen LogP contribution in [0.3, 0.4) is 0 Å². The van der Waals surface area contributed by atoms with Crippen molar-refractivity contribution in [3.05, 3.63) is 17.8 Å². The number of thiophene rings is 1. The molecule has 3 heterocycles. The van der Waals surface area contributed by atoms with Gasteiger partial charge in [-0.3, -0.25) is 4.79 Å². The summed E-state index contributed by atoms with van der Waals surface area (Å²) in [7, 11) is 0. The van der Waals surface area contributed by atoms with Crippen molar-refractivity contribution >= 4 is 27.5 Å². The molecule has 2 aromatic heterocycles. The van der Waals surface area contributed by atoms with Crippen molar-refractivity contribution in [2.24, 2.45) is 10.8 Å². The van der Waals surface area contributed by atoms with Crippen LogP contribution in [-0.4, -0.2) is 40.0 Å². The topological polar surface area (TPSA) is 55.3 Å². The van der Waals surface area contributed by atoms with Gasteiger partial charge in [0, 0.05) is 12.6 Å². The number of nitrogens with zero attached hydrogens (tertiary/aromatic N) is 3. The minimum atomic E-state index is 0.0506. The fraction of sp³-hybridized carbons (Fsp3) is 0.611. The van der Waals surface area contributed by atoms with Gasteiger partial charge in [0.2, 0.25) is 5.88 Å². The van der Waals surface area contributed by atoms with Crippen molar-refractivity contribution < 1.29 is 9.53 Å². The third kappa shape index (κ3) is 2.77. The maximum absolute atomic E-state index is 12.7. The first-order valence-corrected chi connectivity index (χ1v) is 9.34. The van der Waals surface area contributed by atoms with Gasteiger partial charge in [-0.2, -0.15) is 0 Å². The summed E-state index contributed by atoms with van der Waals surface area (Å²) >= 11 is 1.55. The van der Waals surface area contributed by atoms with Crippen LogP contribution >= 0.6 is 11.3 Å². The second kappa shape index (κ2) is 5.41. The number of rotatable bonds is 3. The molecular formula is C18H23N3O2S. The van der Waals surface area contributed by atoms with Crippen LogP contribution in [0.15, 0.2) is 17.8 Å². The number of carbonyl (C=O) groups excluding carboxylic acids is 1. The molecule has 5 nitrogen and oxygen atoms in total. The van der Waals surface area contributed by atoms with Crippen molar-refractivity contribution in [2.45, 2.75) is 46.1 Å². The quantitative estimate of drug-likeness (QED) is 0.854. The highest BCUT2D eigenvalue weighted by atomic mass is 32.1. The number of ether oxygens (including phenoxy) is 1. The second-order valence-electron chi connectivity index (χ2n) is 8.34. The molecule has 1 aliphatic carbocycles. The normalized spacial score (nSPS) is 28.3. The number of likely N-dealkylation sites (tertiary alicyclic amines) is 1. The third-order valence-corrected chi connectivity index (χ3v) is 6.11. The minimum Gasteiger partial charge on any atom is -0.467 e. The molecule has 128 valence electrons. The second-order valence-corrected chi connectivity index (χ2v) is 9.24. The summed E-state index contributed by atoms with van der Waals surface area (Å²) in [5.41, 5.74) is 0.556. The first-order chi connectivity index (χ1) is 11.4. The van der Waals surface area contributed by atoms with E-state index in [1.165, 1.54) is 12.7 Å². The Kier molecular flexibility index (Phi) is 3.56. The maximum Gasteiger partial charge on any atom is 0.260 e. The SMILES string of the molecule is CC1(C)CC2CC(C)(CN2C(=O)COc2ncnc3sccc23)C1. The van der Waals surface area contributed by atoms with Crippen LogP contribution in [-0.2, 0) is 4.79 Å². The highest BCUT2D eigenvalue weighted by Crippen LogP contribution is 2.52. The van der Waals surface area contributed by atoms with Gasteiger partial charge in [-0.1, -0.05) is 20.8 Å². The molecule has 2 bridgehead atoms. The van der Waals surface area contributed by atoms with Gasteiger partial charge in [0.05, 0.1) is 5.39 Å². The van der Waals surface area contributed by atoms with Crippen LogP contribution in [0.2, 0.25) is 0 Å². The monoisotopic (exact) mass is 345 g/mol. The van der Waals surface area contributed by atoms with E-state index in [1.807, 2.05) is 16.3 Å². The Labute approximate surface area is 146 Å². The standard InChI is InChI=1S/C18H23N3O2S/c1-17(2)6-12-7-18(3,9-17)10-21(12)14(22)8-23-15-13-4-5-24-16(13)20-11-19-15/h4-5,11-12H,6-10H2,1-3H3. The third-order valence-electron chi connectivity index (χ3n) is 5.29. The average Bonchev–Trinajstić information content (AvgIpc) is 3.06. The average molecular weight is 345 g/mol. The molecule has 1 aliphatic heterocycles. The van der Waals surface area contributed by atoms with Gasteiger partial charge < -0.3 is 9.64 Å². The molecule has 1 saturated carbocycles. The summed E-state index contributed by atoms with van der Waals surface area (Å²) in [5.74, 6) is 0.576. The van der Waals surface area contributed by atoms with Gasteiger partial charge in [0.1, 0.15) is 11.2 Å². The lowest BCUT2D eigenvalue weighted by Gasteiger charge is -2.39. The van der Waals surface area contributed by atoms with Crippen LogP contribution in [0.5, 0.6) is 5.88 Å². The van der Waals surface area contributed by atoms with Crippen molar-refractivity contribution in [3.8, 4) is 5.88 Å². The Hall–Kier alpha value is -1.69. The Balaban J connectivity index is 1.47. The first-order valence-electron chi connectivity index (χ1n) is 8.46. The van der Waals surface area contributed by atoms with E-state index in [4.69, 9.17) is 4.74 Å². The molecular weight excluding hydrogens is 322 g/mol. The van der Waals surface area contributed by atoms with E-state index in [0.29, 0.717) is 17.3 Å². The van der Waals surface area contributed by atoms with Gasteiger partial charge in [-0.15, -0.1) is 11.3 Å². The fourth-order valence-electron chi connectivity index (χ4n) is 4.85. The smallest absolute Gasteiger partial charge is 0.260 e. The van der Waals surface area contributed by atoms with Crippen LogP contribution in [0.25, 0.3) is 10.2 Å². The number of aromatic nitrogens is 2. The van der Waals surface area contributed by atoms with E-state index in [9.17, 15) is 4.79 Å². The molecule has 4 rings (SSSR count). The molecule has 2 aromatic rings. The summed E-state index contributed by atoms with van der Waals surface area (Å²) in [6.45, 7) is 7.84. The molecule has 2 unspecified atom stereocenters.